The van der Waals surface area contributed by atoms with Gasteiger partial charge in [0.15, 0.2) is 5.78 Å². The lowest BCUT2D eigenvalue weighted by atomic mass is 9.88. The number of amides is 1. The second-order valence-electron chi connectivity index (χ2n) is 10.7. The van der Waals surface area contributed by atoms with Crippen molar-refractivity contribution in [1.82, 2.24) is 15.2 Å². The van der Waals surface area contributed by atoms with Gasteiger partial charge >= 0.3 is 0 Å². The number of carbonyl (C=O) groups excluding carboxylic acids is 2. The molecule has 2 heterocycles. The Kier molecular flexibility index (Phi) is 8.78. The summed E-state index contributed by atoms with van der Waals surface area (Å²) in [5.41, 5.74) is 5.67. The van der Waals surface area contributed by atoms with Gasteiger partial charge in [-0.15, -0.1) is 0 Å². The van der Waals surface area contributed by atoms with Crippen LogP contribution in [0.25, 0.3) is 0 Å². The summed E-state index contributed by atoms with van der Waals surface area (Å²) in [6.45, 7) is 5.37. The molecule has 36 heavy (non-hydrogen) atoms. The van der Waals surface area contributed by atoms with E-state index in [1.165, 1.54) is 12.8 Å². The number of hydrogen-bond acceptors (Lipinski definition) is 5. The number of pyridine rings is 1. The normalized spacial score (nSPS) is 23.6. The molecule has 0 atom stereocenters. The van der Waals surface area contributed by atoms with Crippen LogP contribution in [0.4, 0.5) is 5.69 Å². The molecular formula is C30H42N4O2. The molecule has 1 aromatic heterocycles. The quantitative estimate of drug-likeness (QED) is 0.601. The van der Waals surface area contributed by atoms with Crippen LogP contribution in [-0.4, -0.2) is 60.8 Å². The highest BCUT2D eigenvalue weighted by Gasteiger charge is 2.29. The number of hydrogen-bond donors (Lipinski definition) is 1. The summed E-state index contributed by atoms with van der Waals surface area (Å²) >= 11 is 0. The van der Waals surface area contributed by atoms with Gasteiger partial charge in [-0.2, -0.15) is 0 Å². The van der Waals surface area contributed by atoms with E-state index in [1.807, 2.05) is 13.1 Å². The van der Waals surface area contributed by atoms with Gasteiger partial charge in [0.2, 0.25) is 0 Å². The second kappa shape index (κ2) is 12.0. The Labute approximate surface area is 216 Å². The number of aromatic nitrogens is 1. The van der Waals surface area contributed by atoms with Gasteiger partial charge in [0.25, 0.3) is 5.91 Å². The number of nitrogens with zero attached hydrogens (tertiary/aromatic N) is 3. The van der Waals surface area contributed by atoms with Gasteiger partial charge < -0.3 is 15.1 Å². The van der Waals surface area contributed by atoms with Crippen LogP contribution in [0, 0.1) is 0 Å². The first-order chi connectivity index (χ1) is 17.4. The summed E-state index contributed by atoms with van der Waals surface area (Å²) < 4.78 is 0. The summed E-state index contributed by atoms with van der Waals surface area (Å²) in [6, 6.07) is 1.10. The Bertz CT molecular complexity index is 1060. The highest BCUT2D eigenvalue weighted by molar-refractivity contribution is 6.02. The Morgan fingerprint density at radius 2 is 1.81 bits per heavy atom. The first kappa shape index (κ1) is 26.3. The Balaban J connectivity index is 1.63. The number of rotatable bonds is 4. The minimum absolute atomic E-state index is 0.133. The number of anilines is 1. The molecule has 1 N–H and O–H groups in total. The van der Waals surface area contributed by atoms with Crippen molar-refractivity contribution in [2.45, 2.75) is 83.7 Å². The fourth-order valence-electron chi connectivity index (χ4n) is 6.05. The first-order valence-corrected chi connectivity index (χ1v) is 13.6. The van der Waals surface area contributed by atoms with Crippen molar-refractivity contribution in [2.24, 2.45) is 0 Å². The summed E-state index contributed by atoms with van der Waals surface area (Å²) in [5.74, 6) is -0.0152. The number of ketones is 1. The fourth-order valence-corrected chi connectivity index (χ4v) is 6.05. The maximum absolute atomic E-state index is 13.5. The Morgan fingerprint density at radius 3 is 2.53 bits per heavy atom. The van der Waals surface area contributed by atoms with Crippen LogP contribution in [0.3, 0.4) is 0 Å². The largest absolute Gasteiger partial charge is 0.367 e. The zero-order valence-electron chi connectivity index (χ0n) is 22.5. The zero-order valence-corrected chi connectivity index (χ0v) is 22.5. The second-order valence-corrected chi connectivity index (χ2v) is 10.7. The predicted molar refractivity (Wildman–Crippen MR) is 146 cm³/mol. The summed E-state index contributed by atoms with van der Waals surface area (Å²) in [5, 5.41) is 3.07. The van der Waals surface area contributed by atoms with Crippen molar-refractivity contribution < 1.29 is 9.59 Å². The van der Waals surface area contributed by atoms with Crippen LogP contribution in [-0.2, 0) is 11.2 Å². The third-order valence-corrected chi connectivity index (χ3v) is 8.08. The van der Waals surface area contributed by atoms with Gasteiger partial charge in [-0.1, -0.05) is 23.8 Å². The average Bonchev–Trinajstić information content (AvgIpc) is 2.87. The fraction of sp³-hybridized carbons (Fsp3) is 0.567. The molecule has 0 aromatic carbocycles. The van der Waals surface area contributed by atoms with Crippen LogP contribution >= 0.6 is 0 Å². The van der Waals surface area contributed by atoms with Crippen molar-refractivity contribution in [2.75, 3.05) is 32.1 Å². The maximum Gasteiger partial charge on any atom is 0.253 e. The highest BCUT2D eigenvalue weighted by Crippen LogP contribution is 2.33. The average molecular weight is 491 g/mol. The number of allylic oxidation sites excluding steroid dienone is 5. The summed E-state index contributed by atoms with van der Waals surface area (Å²) in [4.78, 5) is 35.6. The van der Waals surface area contributed by atoms with Gasteiger partial charge in [-0.05, 0) is 90.4 Å². The molecule has 0 bridgehead atoms. The summed E-state index contributed by atoms with van der Waals surface area (Å²) in [7, 11) is 4.35. The van der Waals surface area contributed by atoms with E-state index in [0.29, 0.717) is 30.5 Å². The summed E-state index contributed by atoms with van der Waals surface area (Å²) in [6.07, 6.45) is 18.8. The third-order valence-electron chi connectivity index (χ3n) is 8.08. The molecule has 6 heteroatoms. The molecule has 1 saturated carbocycles. The standard InChI is InChI=1S/C30H42N4O2/c1-5-34(24-14-12-23(13-15-24)33(3)4)28-20-31-18-27-25(28)11-9-7-6-8-10-22-16-21(2)17-29(35)26(22)19-32-30(27)36/h7,9,16,18,20,23-24H,5-6,8,10-15,17,19H2,1-4H3,(H,32,36). The predicted octanol–water partition coefficient (Wildman–Crippen LogP) is 5.01. The van der Waals surface area contributed by atoms with Crippen molar-refractivity contribution in [1.29, 1.82) is 0 Å². The van der Waals surface area contributed by atoms with Gasteiger partial charge in [0.1, 0.15) is 0 Å². The minimum Gasteiger partial charge on any atom is -0.367 e. The van der Waals surface area contributed by atoms with E-state index in [9.17, 15) is 9.59 Å². The van der Waals surface area contributed by atoms with Gasteiger partial charge in [0.05, 0.1) is 17.4 Å². The molecule has 3 aliphatic rings. The van der Waals surface area contributed by atoms with Crippen LogP contribution < -0.4 is 10.2 Å². The van der Waals surface area contributed by atoms with Crippen molar-refractivity contribution in [3.05, 3.63) is 58.5 Å². The van der Waals surface area contributed by atoms with Crippen molar-refractivity contribution in [3.8, 4) is 0 Å². The SMILES string of the molecule is CCN(c1cncc2c1CC=CCCCC1=C(CNC2=O)C(=O)CC(C)=C1)C1CCC(N(C)C)CC1. The van der Waals surface area contributed by atoms with Gasteiger partial charge in [-0.3, -0.25) is 14.6 Å². The molecule has 1 fully saturated rings. The van der Waals surface area contributed by atoms with Crippen molar-refractivity contribution in [3.63, 3.8) is 0 Å². The lowest BCUT2D eigenvalue weighted by Gasteiger charge is -2.40. The molecule has 1 aliphatic heterocycles. The van der Waals surface area contributed by atoms with E-state index < -0.39 is 0 Å². The number of nitrogens with one attached hydrogen (secondary N) is 1. The maximum atomic E-state index is 13.5. The molecule has 2 aliphatic carbocycles. The third kappa shape index (κ3) is 5.97. The molecule has 194 valence electrons. The van der Waals surface area contributed by atoms with Gasteiger partial charge in [0, 0.05) is 43.4 Å². The molecule has 0 radical (unpaired) electrons. The molecule has 4 rings (SSSR count). The lowest BCUT2D eigenvalue weighted by Crippen LogP contribution is -2.42. The smallest absolute Gasteiger partial charge is 0.253 e. The van der Waals surface area contributed by atoms with Crippen LogP contribution in [0.15, 0.2) is 47.3 Å². The minimum atomic E-state index is -0.148. The van der Waals surface area contributed by atoms with E-state index >= 15 is 0 Å². The van der Waals surface area contributed by atoms with Gasteiger partial charge in [-0.25, -0.2) is 0 Å². The van der Waals surface area contributed by atoms with E-state index in [0.717, 1.165) is 66.6 Å². The molecule has 1 amide bonds. The molecule has 0 unspecified atom stereocenters. The van der Waals surface area contributed by atoms with E-state index in [4.69, 9.17) is 0 Å². The molecule has 0 saturated heterocycles. The van der Waals surface area contributed by atoms with E-state index in [-0.39, 0.29) is 18.2 Å². The van der Waals surface area contributed by atoms with E-state index in [2.05, 4.69) is 59.3 Å². The number of fused-ring (bicyclic) bond motifs is 1. The van der Waals surface area contributed by atoms with Crippen LogP contribution in [0.2, 0.25) is 0 Å². The Morgan fingerprint density at radius 1 is 1.06 bits per heavy atom. The molecule has 1 aromatic rings. The molecule has 6 nitrogen and oxygen atoms in total. The van der Waals surface area contributed by atoms with E-state index in [1.54, 1.807) is 6.20 Å². The van der Waals surface area contributed by atoms with Crippen LogP contribution in [0.5, 0.6) is 0 Å². The molecule has 0 spiro atoms. The Hall–Kier alpha value is -2.73. The molecular weight excluding hydrogens is 448 g/mol. The highest BCUT2D eigenvalue weighted by atomic mass is 16.2. The lowest BCUT2D eigenvalue weighted by molar-refractivity contribution is -0.115. The zero-order chi connectivity index (χ0) is 25.7. The monoisotopic (exact) mass is 490 g/mol. The van der Waals surface area contributed by atoms with Crippen molar-refractivity contribution >= 4 is 17.4 Å². The van der Waals surface area contributed by atoms with Crippen LogP contribution in [0.1, 0.15) is 81.1 Å². The first-order valence-electron chi connectivity index (χ1n) is 13.6. The number of Topliss-reactive ketones (excluding diaryl/α,β-unsaturated/α-hetero) is 1. The topological polar surface area (TPSA) is 65.5 Å². The number of carbonyl (C=O) groups is 2.